The van der Waals surface area contributed by atoms with E-state index >= 15 is 0 Å². The Morgan fingerprint density at radius 1 is 1.56 bits per heavy atom. The Kier molecular flexibility index (Phi) is 4.39. The van der Waals surface area contributed by atoms with Gasteiger partial charge in [-0.15, -0.1) is 5.10 Å². The summed E-state index contributed by atoms with van der Waals surface area (Å²) in [7, 11) is 3.07. The number of nitrogens with zero attached hydrogens (tertiary/aromatic N) is 3. The third-order valence-electron chi connectivity index (χ3n) is 2.15. The van der Waals surface area contributed by atoms with E-state index in [1.54, 1.807) is 7.11 Å². The molecule has 7 heteroatoms. The van der Waals surface area contributed by atoms with Crippen molar-refractivity contribution in [1.82, 2.24) is 15.0 Å². The number of carbonyl (C=O) groups is 1. The molecule has 1 rings (SSSR count). The van der Waals surface area contributed by atoms with Gasteiger partial charge in [0.25, 0.3) is 0 Å². The second kappa shape index (κ2) is 5.57. The molecule has 1 heterocycles. The van der Waals surface area contributed by atoms with E-state index in [0.29, 0.717) is 12.2 Å². The predicted octanol–water partition coefficient (Wildman–Crippen LogP) is 0.158. The lowest BCUT2D eigenvalue weighted by Gasteiger charge is -2.11. The summed E-state index contributed by atoms with van der Waals surface area (Å²) in [5.41, 5.74) is 0.365. The minimum absolute atomic E-state index is 0.0704. The molecule has 90 valence electrons. The van der Waals surface area contributed by atoms with Gasteiger partial charge < -0.3 is 14.6 Å². The Morgan fingerprint density at radius 2 is 2.25 bits per heavy atom. The fourth-order valence-electron chi connectivity index (χ4n) is 1.24. The number of methoxy groups -OCH3 is 2. The topological polar surface area (TPSA) is 86.5 Å². The van der Waals surface area contributed by atoms with Gasteiger partial charge in [-0.3, -0.25) is 0 Å². The largest absolute Gasteiger partial charge is 0.476 e. The van der Waals surface area contributed by atoms with Crippen molar-refractivity contribution >= 4 is 5.97 Å². The van der Waals surface area contributed by atoms with Gasteiger partial charge in [0.05, 0.1) is 24.9 Å². The van der Waals surface area contributed by atoms with E-state index in [9.17, 15) is 4.79 Å². The monoisotopic (exact) mass is 229 g/mol. The molecule has 1 aromatic heterocycles. The number of aromatic nitrogens is 3. The highest BCUT2D eigenvalue weighted by atomic mass is 16.5. The van der Waals surface area contributed by atoms with Crippen LogP contribution < -0.4 is 0 Å². The third-order valence-corrected chi connectivity index (χ3v) is 2.15. The van der Waals surface area contributed by atoms with Crippen LogP contribution in [0.5, 0.6) is 0 Å². The van der Waals surface area contributed by atoms with Crippen molar-refractivity contribution in [3.63, 3.8) is 0 Å². The molecule has 1 atom stereocenters. The third kappa shape index (κ3) is 2.77. The van der Waals surface area contributed by atoms with Gasteiger partial charge in [-0.05, 0) is 6.92 Å². The van der Waals surface area contributed by atoms with Crippen LogP contribution in [0.1, 0.15) is 23.1 Å². The van der Waals surface area contributed by atoms with E-state index in [2.05, 4.69) is 10.3 Å². The van der Waals surface area contributed by atoms with Crippen molar-refractivity contribution in [2.75, 3.05) is 14.2 Å². The van der Waals surface area contributed by atoms with Gasteiger partial charge in [-0.2, -0.15) is 0 Å². The van der Waals surface area contributed by atoms with Crippen molar-refractivity contribution in [1.29, 1.82) is 0 Å². The van der Waals surface area contributed by atoms with Gasteiger partial charge >= 0.3 is 5.97 Å². The molecule has 0 aliphatic rings. The molecular formula is C9H15N3O4. The fourth-order valence-corrected chi connectivity index (χ4v) is 1.24. The number of rotatable bonds is 6. The minimum atomic E-state index is -1.11. The van der Waals surface area contributed by atoms with E-state index in [4.69, 9.17) is 14.6 Å². The Morgan fingerprint density at radius 3 is 2.75 bits per heavy atom. The zero-order valence-electron chi connectivity index (χ0n) is 9.51. The number of hydrogen-bond donors (Lipinski definition) is 1. The van der Waals surface area contributed by atoms with Gasteiger partial charge in [0.2, 0.25) is 0 Å². The Balaban J connectivity index is 2.95. The van der Waals surface area contributed by atoms with Crippen molar-refractivity contribution < 1.29 is 19.4 Å². The first-order valence-electron chi connectivity index (χ1n) is 4.77. The maximum Gasteiger partial charge on any atom is 0.358 e. The Labute approximate surface area is 93.0 Å². The second-order valence-electron chi connectivity index (χ2n) is 3.35. The highest BCUT2D eigenvalue weighted by Gasteiger charge is 2.19. The molecule has 0 aliphatic carbocycles. The molecule has 0 bridgehead atoms. The van der Waals surface area contributed by atoms with Gasteiger partial charge in [0.1, 0.15) is 0 Å². The second-order valence-corrected chi connectivity index (χ2v) is 3.35. The Bertz CT molecular complexity index is 364. The molecule has 7 nitrogen and oxygen atoms in total. The summed E-state index contributed by atoms with van der Waals surface area (Å²) in [4.78, 5) is 10.9. The van der Waals surface area contributed by atoms with E-state index in [0.717, 1.165) is 0 Å². The summed E-state index contributed by atoms with van der Waals surface area (Å²) in [5.74, 6) is -1.11. The summed E-state index contributed by atoms with van der Waals surface area (Å²) in [6, 6.07) is 0. The zero-order chi connectivity index (χ0) is 12.1. The van der Waals surface area contributed by atoms with Crippen LogP contribution in [-0.4, -0.2) is 46.4 Å². The highest BCUT2D eigenvalue weighted by molar-refractivity contribution is 5.86. The maximum atomic E-state index is 10.9. The minimum Gasteiger partial charge on any atom is -0.476 e. The van der Waals surface area contributed by atoms with Crippen molar-refractivity contribution in [2.45, 2.75) is 26.2 Å². The van der Waals surface area contributed by atoms with E-state index in [1.807, 2.05) is 6.92 Å². The van der Waals surface area contributed by atoms with E-state index in [-0.39, 0.29) is 18.4 Å². The molecule has 0 radical (unpaired) electrons. The molecular weight excluding hydrogens is 214 g/mol. The summed E-state index contributed by atoms with van der Waals surface area (Å²) in [6.45, 7) is 2.46. The number of hydrogen-bond acceptors (Lipinski definition) is 5. The average Bonchev–Trinajstić information content (AvgIpc) is 2.62. The number of carboxylic acid groups (broad SMARTS) is 1. The van der Waals surface area contributed by atoms with Gasteiger partial charge in [-0.25, -0.2) is 9.48 Å². The molecule has 1 unspecified atom stereocenters. The van der Waals surface area contributed by atoms with Gasteiger partial charge in [-0.1, -0.05) is 5.21 Å². The first-order valence-corrected chi connectivity index (χ1v) is 4.77. The standard InChI is InChI=1S/C9H15N3O4/c1-6(16-3)4-12-7(5-15-2)8(9(13)14)10-11-12/h6H,4-5H2,1-3H3,(H,13,14). The molecule has 16 heavy (non-hydrogen) atoms. The quantitative estimate of drug-likeness (QED) is 0.747. The lowest BCUT2D eigenvalue weighted by atomic mass is 10.3. The fraction of sp³-hybridized carbons (Fsp3) is 0.667. The molecule has 0 amide bonds. The van der Waals surface area contributed by atoms with Crippen LogP contribution in [0.4, 0.5) is 0 Å². The molecule has 0 aromatic carbocycles. The molecule has 0 aliphatic heterocycles. The maximum absolute atomic E-state index is 10.9. The average molecular weight is 229 g/mol. The summed E-state index contributed by atoms with van der Waals surface area (Å²) in [5, 5.41) is 16.3. The SMILES string of the molecule is COCc1c(C(=O)O)nnn1CC(C)OC. The van der Waals surface area contributed by atoms with Crippen LogP contribution in [0, 0.1) is 0 Å². The summed E-state index contributed by atoms with van der Waals surface area (Å²) < 4.78 is 11.5. The predicted molar refractivity (Wildman–Crippen MR) is 54.2 cm³/mol. The summed E-state index contributed by atoms with van der Waals surface area (Å²) >= 11 is 0. The van der Waals surface area contributed by atoms with Crippen LogP contribution >= 0.6 is 0 Å². The lowest BCUT2D eigenvalue weighted by Crippen LogP contribution is -2.18. The van der Waals surface area contributed by atoms with Gasteiger partial charge in [0, 0.05) is 14.2 Å². The van der Waals surface area contributed by atoms with Crippen molar-refractivity contribution in [2.24, 2.45) is 0 Å². The van der Waals surface area contributed by atoms with E-state index < -0.39 is 5.97 Å². The number of carboxylic acids is 1. The van der Waals surface area contributed by atoms with Crippen LogP contribution in [0.2, 0.25) is 0 Å². The summed E-state index contributed by atoms with van der Waals surface area (Å²) in [6.07, 6.45) is -0.0704. The number of aromatic carboxylic acids is 1. The zero-order valence-corrected chi connectivity index (χ0v) is 9.51. The first-order chi connectivity index (χ1) is 7.60. The van der Waals surface area contributed by atoms with Crippen LogP contribution in [-0.2, 0) is 22.6 Å². The molecule has 0 fully saturated rings. The van der Waals surface area contributed by atoms with Crippen LogP contribution in [0.15, 0.2) is 0 Å². The first kappa shape index (κ1) is 12.6. The molecule has 0 saturated carbocycles. The van der Waals surface area contributed by atoms with Crippen molar-refractivity contribution in [3.8, 4) is 0 Å². The number of ether oxygens (including phenoxy) is 2. The highest BCUT2D eigenvalue weighted by Crippen LogP contribution is 2.08. The van der Waals surface area contributed by atoms with Crippen LogP contribution in [0.3, 0.4) is 0 Å². The molecule has 1 aromatic rings. The Hall–Kier alpha value is -1.47. The smallest absolute Gasteiger partial charge is 0.358 e. The van der Waals surface area contributed by atoms with Crippen LogP contribution in [0.25, 0.3) is 0 Å². The van der Waals surface area contributed by atoms with Gasteiger partial charge in [0.15, 0.2) is 5.69 Å². The molecule has 1 N–H and O–H groups in total. The normalized spacial score (nSPS) is 12.7. The lowest BCUT2D eigenvalue weighted by molar-refractivity contribution is 0.0682. The molecule has 0 saturated heterocycles. The van der Waals surface area contributed by atoms with Crippen molar-refractivity contribution in [3.05, 3.63) is 11.4 Å². The molecule has 0 spiro atoms. The van der Waals surface area contributed by atoms with E-state index in [1.165, 1.54) is 11.8 Å².